The highest BCUT2D eigenvalue weighted by atomic mass is 16.6. The van der Waals surface area contributed by atoms with Crippen LogP contribution >= 0.6 is 0 Å². The van der Waals surface area contributed by atoms with Crippen LogP contribution in [0.1, 0.15) is 19.4 Å². The average Bonchev–Trinajstić information content (AvgIpc) is 2.44. The maximum atomic E-state index is 11.0. The Morgan fingerprint density at radius 3 is 2.85 bits per heavy atom. The lowest BCUT2D eigenvalue weighted by Gasteiger charge is -2.08. The van der Waals surface area contributed by atoms with Gasteiger partial charge in [-0.05, 0) is 31.5 Å². The SMILES string of the molecule is CCOC(=O)COCCNCc1cccc(OCC)c1. The minimum Gasteiger partial charge on any atom is -0.494 e. The molecule has 0 aliphatic carbocycles. The van der Waals surface area contributed by atoms with E-state index in [1.165, 1.54) is 0 Å². The summed E-state index contributed by atoms with van der Waals surface area (Å²) in [6.45, 7) is 6.69. The lowest BCUT2D eigenvalue weighted by atomic mass is 10.2. The standard InChI is InChI=1S/C15H23NO4/c1-3-19-14-7-5-6-13(10-14)11-16-8-9-18-12-15(17)20-4-2/h5-7,10,16H,3-4,8-9,11-12H2,1-2H3. The Balaban J connectivity index is 2.12. The van der Waals surface area contributed by atoms with Gasteiger partial charge >= 0.3 is 5.97 Å². The van der Waals surface area contributed by atoms with Crippen LogP contribution in [0, 0.1) is 0 Å². The molecule has 20 heavy (non-hydrogen) atoms. The zero-order valence-corrected chi connectivity index (χ0v) is 12.2. The monoisotopic (exact) mass is 281 g/mol. The maximum absolute atomic E-state index is 11.0. The van der Waals surface area contributed by atoms with Crippen molar-refractivity contribution in [3.63, 3.8) is 0 Å². The van der Waals surface area contributed by atoms with Gasteiger partial charge in [-0.1, -0.05) is 12.1 Å². The Morgan fingerprint density at radius 1 is 1.25 bits per heavy atom. The smallest absolute Gasteiger partial charge is 0.332 e. The van der Waals surface area contributed by atoms with Gasteiger partial charge < -0.3 is 19.5 Å². The molecule has 0 amide bonds. The van der Waals surface area contributed by atoms with E-state index in [2.05, 4.69) is 5.32 Å². The van der Waals surface area contributed by atoms with E-state index in [1.54, 1.807) is 6.92 Å². The zero-order chi connectivity index (χ0) is 14.6. The fraction of sp³-hybridized carbons (Fsp3) is 0.533. The number of rotatable bonds is 10. The van der Waals surface area contributed by atoms with Crippen LogP contribution in [0.4, 0.5) is 0 Å². The highest BCUT2D eigenvalue weighted by Crippen LogP contribution is 2.12. The fourth-order valence-corrected chi connectivity index (χ4v) is 1.65. The molecule has 1 aromatic carbocycles. The lowest BCUT2D eigenvalue weighted by molar-refractivity contribution is -0.148. The van der Waals surface area contributed by atoms with Crippen molar-refractivity contribution < 1.29 is 19.0 Å². The van der Waals surface area contributed by atoms with E-state index in [4.69, 9.17) is 14.2 Å². The van der Waals surface area contributed by atoms with Crippen molar-refractivity contribution in [2.45, 2.75) is 20.4 Å². The quantitative estimate of drug-likeness (QED) is 0.523. The van der Waals surface area contributed by atoms with Gasteiger partial charge in [0.25, 0.3) is 0 Å². The Morgan fingerprint density at radius 2 is 2.10 bits per heavy atom. The van der Waals surface area contributed by atoms with Crippen molar-refractivity contribution in [1.82, 2.24) is 5.32 Å². The average molecular weight is 281 g/mol. The molecule has 0 aliphatic heterocycles. The van der Waals surface area contributed by atoms with E-state index in [0.29, 0.717) is 26.4 Å². The molecule has 1 rings (SSSR count). The third kappa shape index (κ3) is 7.11. The van der Waals surface area contributed by atoms with E-state index in [0.717, 1.165) is 17.9 Å². The van der Waals surface area contributed by atoms with Crippen molar-refractivity contribution in [3.8, 4) is 5.75 Å². The van der Waals surface area contributed by atoms with Gasteiger partial charge in [0.1, 0.15) is 12.4 Å². The number of carbonyl (C=O) groups is 1. The molecule has 112 valence electrons. The third-order valence-electron chi connectivity index (χ3n) is 2.49. The number of ether oxygens (including phenoxy) is 3. The first-order valence-corrected chi connectivity index (χ1v) is 6.92. The van der Waals surface area contributed by atoms with Crippen LogP contribution in [0.25, 0.3) is 0 Å². The Labute approximate surface area is 120 Å². The zero-order valence-electron chi connectivity index (χ0n) is 12.2. The molecule has 1 N–H and O–H groups in total. The number of carbonyl (C=O) groups excluding carboxylic acids is 1. The molecule has 0 saturated heterocycles. The van der Waals surface area contributed by atoms with Gasteiger partial charge in [0.15, 0.2) is 0 Å². The Hall–Kier alpha value is -1.59. The molecule has 0 aliphatic rings. The van der Waals surface area contributed by atoms with E-state index >= 15 is 0 Å². The lowest BCUT2D eigenvalue weighted by Crippen LogP contribution is -2.21. The van der Waals surface area contributed by atoms with Crippen LogP contribution in [0.5, 0.6) is 5.75 Å². The second-order valence-electron chi connectivity index (χ2n) is 4.11. The summed E-state index contributed by atoms with van der Waals surface area (Å²) in [6.07, 6.45) is 0. The summed E-state index contributed by atoms with van der Waals surface area (Å²) in [5.74, 6) is 0.558. The van der Waals surface area contributed by atoms with E-state index in [1.807, 2.05) is 31.2 Å². The second kappa shape index (κ2) is 10.2. The summed E-state index contributed by atoms with van der Waals surface area (Å²) in [5, 5.41) is 3.24. The molecule has 0 radical (unpaired) electrons. The van der Waals surface area contributed by atoms with Crippen LogP contribution in [-0.4, -0.2) is 38.9 Å². The molecule has 5 nitrogen and oxygen atoms in total. The maximum Gasteiger partial charge on any atom is 0.332 e. The van der Waals surface area contributed by atoms with Crippen LogP contribution in [-0.2, 0) is 20.8 Å². The van der Waals surface area contributed by atoms with Crippen LogP contribution in [0.15, 0.2) is 24.3 Å². The predicted molar refractivity (Wildman–Crippen MR) is 76.8 cm³/mol. The molecule has 1 aromatic rings. The van der Waals surface area contributed by atoms with Gasteiger partial charge in [0, 0.05) is 13.1 Å². The van der Waals surface area contributed by atoms with Crippen molar-refractivity contribution >= 4 is 5.97 Å². The molecule has 0 atom stereocenters. The van der Waals surface area contributed by atoms with Crippen LogP contribution < -0.4 is 10.1 Å². The number of nitrogens with one attached hydrogen (secondary N) is 1. The van der Waals surface area contributed by atoms with Crippen molar-refractivity contribution in [2.75, 3.05) is 33.0 Å². The first-order chi connectivity index (χ1) is 9.76. The van der Waals surface area contributed by atoms with E-state index in [-0.39, 0.29) is 12.6 Å². The number of esters is 1. The molecule has 5 heteroatoms. The fourth-order valence-electron chi connectivity index (χ4n) is 1.65. The normalized spacial score (nSPS) is 10.3. The minimum atomic E-state index is -0.322. The van der Waals surface area contributed by atoms with Gasteiger partial charge in [0.2, 0.25) is 0 Å². The summed E-state index contributed by atoms with van der Waals surface area (Å²) in [5.41, 5.74) is 1.15. The van der Waals surface area contributed by atoms with Gasteiger partial charge in [-0.25, -0.2) is 4.79 Å². The molecule has 0 unspecified atom stereocenters. The Bertz CT molecular complexity index is 395. The minimum absolute atomic E-state index is 0.00927. The summed E-state index contributed by atoms with van der Waals surface area (Å²) in [4.78, 5) is 11.0. The summed E-state index contributed by atoms with van der Waals surface area (Å²) >= 11 is 0. The molecule has 0 heterocycles. The third-order valence-corrected chi connectivity index (χ3v) is 2.49. The first-order valence-electron chi connectivity index (χ1n) is 6.92. The molecular formula is C15H23NO4. The molecule has 0 spiro atoms. The molecule has 0 bridgehead atoms. The van der Waals surface area contributed by atoms with Crippen molar-refractivity contribution in [1.29, 1.82) is 0 Å². The number of benzene rings is 1. The predicted octanol–water partition coefficient (Wildman–Crippen LogP) is 1.75. The molecular weight excluding hydrogens is 258 g/mol. The topological polar surface area (TPSA) is 56.8 Å². The van der Waals surface area contributed by atoms with E-state index < -0.39 is 0 Å². The number of hydrogen-bond donors (Lipinski definition) is 1. The summed E-state index contributed by atoms with van der Waals surface area (Å²) in [7, 11) is 0. The summed E-state index contributed by atoms with van der Waals surface area (Å²) in [6, 6.07) is 7.96. The van der Waals surface area contributed by atoms with E-state index in [9.17, 15) is 4.79 Å². The highest BCUT2D eigenvalue weighted by Gasteiger charge is 2.00. The molecule has 0 aromatic heterocycles. The molecule has 0 fully saturated rings. The van der Waals surface area contributed by atoms with Gasteiger partial charge in [0.05, 0.1) is 19.8 Å². The Kier molecular flexibility index (Phi) is 8.42. The number of hydrogen-bond acceptors (Lipinski definition) is 5. The van der Waals surface area contributed by atoms with Crippen molar-refractivity contribution in [2.24, 2.45) is 0 Å². The highest BCUT2D eigenvalue weighted by molar-refractivity contribution is 5.70. The van der Waals surface area contributed by atoms with Crippen LogP contribution in [0.3, 0.4) is 0 Å². The van der Waals surface area contributed by atoms with Crippen LogP contribution in [0.2, 0.25) is 0 Å². The van der Waals surface area contributed by atoms with Gasteiger partial charge in [-0.2, -0.15) is 0 Å². The van der Waals surface area contributed by atoms with Gasteiger partial charge in [-0.15, -0.1) is 0 Å². The second-order valence-corrected chi connectivity index (χ2v) is 4.11. The summed E-state index contributed by atoms with van der Waals surface area (Å²) < 4.78 is 15.4. The van der Waals surface area contributed by atoms with Gasteiger partial charge in [-0.3, -0.25) is 0 Å². The largest absolute Gasteiger partial charge is 0.494 e. The molecule has 0 saturated carbocycles. The van der Waals surface area contributed by atoms with Crippen molar-refractivity contribution in [3.05, 3.63) is 29.8 Å². The first kappa shape index (κ1) is 16.5.